The molecule has 2 atom stereocenters. The van der Waals surface area contributed by atoms with E-state index in [0.29, 0.717) is 0 Å². The van der Waals surface area contributed by atoms with Gasteiger partial charge in [0, 0.05) is 18.9 Å². The van der Waals surface area contributed by atoms with Crippen LogP contribution < -0.4 is 5.32 Å². The second-order valence-electron chi connectivity index (χ2n) is 8.11. The normalized spacial score (nSPS) is 18.2. The summed E-state index contributed by atoms with van der Waals surface area (Å²) in [6, 6.07) is 12.5. The number of hydrogen-bond acceptors (Lipinski definition) is 5. The first-order chi connectivity index (χ1) is 16.4. The van der Waals surface area contributed by atoms with Gasteiger partial charge in [-0.15, -0.1) is 0 Å². The number of carbonyl (C=O) groups excluding carboxylic acids is 2. The van der Waals surface area contributed by atoms with Crippen LogP contribution in [0.4, 0.5) is 13.6 Å². The summed E-state index contributed by atoms with van der Waals surface area (Å²) in [5, 5.41) is 11.5. The van der Waals surface area contributed by atoms with Crippen LogP contribution in [-0.2, 0) is 19.1 Å². The van der Waals surface area contributed by atoms with Crippen molar-refractivity contribution in [3.63, 3.8) is 0 Å². The van der Waals surface area contributed by atoms with Crippen LogP contribution in [0.5, 0.6) is 0 Å². The second kappa shape index (κ2) is 10.2. The maximum Gasteiger partial charge on any atom is 0.407 e. The van der Waals surface area contributed by atoms with E-state index in [2.05, 4.69) is 5.32 Å². The smallest absolute Gasteiger partial charge is 0.407 e. The number of alkyl carbamates (subject to hydrolysis) is 1. The van der Waals surface area contributed by atoms with Crippen LogP contribution in [0.1, 0.15) is 23.5 Å². The largest absolute Gasteiger partial charge is 0.480 e. The number of amides is 2. The zero-order valence-corrected chi connectivity index (χ0v) is 18.2. The van der Waals surface area contributed by atoms with E-state index in [-0.39, 0.29) is 32.3 Å². The lowest BCUT2D eigenvalue weighted by Gasteiger charge is -2.35. The highest BCUT2D eigenvalue weighted by atomic mass is 19.3. The van der Waals surface area contributed by atoms with E-state index in [1.165, 1.54) is 0 Å². The van der Waals surface area contributed by atoms with Crippen LogP contribution in [0.3, 0.4) is 0 Å². The Balaban J connectivity index is 1.45. The summed E-state index contributed by atoms with van der Waals surface area (Å²) in [6.07, 6.45) is -4.89. The first kappa shape index (κ1) is 23.6. The van der Waals surface area contributed by atoms with Gasteiger partial charge in [0.2, 0.25) is 12.3 Å². The number of morpholine rings is 1. The number of carboxylic acid groups (broad SMARTS) is 1. The van der Waals surface area contributed by atoms with Gasteiger partial charge in [0.25, 0.3) is 0 Å². The molecule has 0 radical (unpaired) electrons. The molecule has 8 nitrogen and oxygen atoms in total. The molecule has 2 amide bonds. The second-order valence-corrected chi connectivity index (χ2v) is 8.11. The molecule has 4 rings (SSSR count). The number of hydrogen-bond donors (Lipinski definition) is 2. The standard InChI is InChI=1S/C24H24F2N2O6/c25-21(26)11-19(22(29)28-9-10-33-13-20(28)23(30)31)27-24(32)34-12-18-16-7-3-1-5-14(16)15-6-2-4-8-17(15)18/h1-8,18-21H,9-13H2,(H,27,32)(H,30,31). The van der Waals surface area contributed by atoms with Gasteiger partial charge in [-0.1, -0.05) is 48.5 Å². The Morgan fingerprint density at radius 2 is 1.71 bits per heavy atom. The molecule has 0 bridgehead atoms. The Labute approximate surface area is 194 Å². The number of carbonyl (C=O) groups is 3. The van der Waals surface area contributed by atoms with E-state index in [9.17, 15) is 28.3 Å². The predicted molar refractivity (Wildman–Crippen MR) is 117 cm³/mol. The van der Waals surface area contributed by atoms with Crippen molar-refractivity contribution >= 4 is 18.0 Å². The lowest BCUT2D eigenvalue weighted by Crippen LogP contribution is -2.58. The van der Waals surface area contributed by atoms with Crippen LogP contribution in [0, 0.1) is 0 Å². The highest BCUT2D eigenvalue weighted by Crippen LogP contribution is 2.44. The van der Waals surface area contributed by atoms with Crippen LogP contribution >= 0.6 is 0 Å². The minimum atomic E-state index is -2.90. The number of aliphatic carboxylic acids is 1. The van der Waals surface area contributed by atoms with Crippen LogP contribution in [0.25, 0.3) is 11.1 Å². The minimum absolute atomic E-state index is 0.0508. The molecule has 180 valence electrons. The molecule has 10 heteroatoms. The van der Waals surface area contributed by atoms with Gasteiger partial charge in [0.15, 0.2) is 6.04 Å². The molecule has 2 unspecified atom stereocenters. The Morgan fingerprint density at radius 1 is 1.09 bits per heavy atom. The Kier molecular flexibility index (Phi) is 7.06. The van der Waals surface area contributed by atoms with Gasteiger partial charge in [-0.05, 0) is 22.3 Å². The molecule has 34 heavy (non-hydrogen) atoms. The monoisotopic (exact) mass is 474 g/mol. The van der Waals surface area contributed by atoms with E-state index < -0.39 is 42.9 Å². The van der Waals surface area contributed by atoms with Crippen LogP contribution in [0.15, 0.2) is 48.5 Å². The molecule has 2 aliphatic rings. The van der Waals surface area contributed by atoms with Crippen molar-refractivity contribution in [2.75, 3.05) is 26.4 Å². The summed E-state index contributed by atoms with van der Waals surface area (Å²) in [5.74, 6) is -2.47. The number of carboxylic acids is 1. The van der Waals surface area contributed by atoms with Crippen molar-refractivity contribution in [3.8, 4) is 11.1 Å². The predicted octanol–water partition coefficient (Wildman–Crippen LogP) is 2.86. The quantitative estimate of drug-likeness (QED) is 0.640. The summed E-state index contributed by atoms with van der Waals surface area (Å²) >= 11 is 0. The van der Waals surface area contributed by atoms with E-state index in [1.54, 1.807) is 0 Å². The van der Waals surface area contributed by atoms with E-state index in [1.807, 2.05) is 48.5 Å². The lowest BCUT2D eigenvalue weighted by atomic mass is 9.98. The zero-order chi connectivity index (χ0) is 24.2. The molecule has 1 aliphatic carbocycles. The summed E-state index contributed by atoms with van der Waals surface area (Å²) < 4.78 is 36.8. The van der Waals surface area contributed by atoms with Gasteiger partial charge in [-0.3, -0.25) is 4.79 Å². The number of nitrogens with zero attached hydrogens (tertiary/aromatic N) is 1. The molecule has 1 fully saturated rings. The first-order valence-corrected chi connectivity index (χ1v) is 10.9. The molecule has 1 aliphatic heterocycles. The molecule has 0 spiro atoms. The lowest BCUT2D eigenvalue weighted by molar-refractivity contribution is -0.159. The van der Waals surface area contributed by atoms with Crippen molar-refractivity contribution in [1.29, 1.82) is 0 Å². The van der Waals surface area contributed by atoms with Gasteiger partial charge < -0.3 is 24.8 Å². The molecular formula is C24H24F2N2O6. The molecule has 1 heterocycles. The van der Waals surface area contributed by atoms with Crippen molar-refractivity contribution in [2.45, 2.75) is 30.8 Å². The van der Waals surface area contributed by atoms with Crippen molar-refractivity contribution in [1.82, 2.24) is 10.2 Å². The average molecular weight is 474 g/mol. The molecule has 2 aromatic carbocycles. The summed E-state index contributed by atoms with van der Waals surface area (Å²) in [6.45, 7) is -0.318. The summed E-state index contributed by atoms with van der Waals surface area (Å²) in [4.78, 5) is 37.8. The molecule has 0 saturated carbocycles. The third-order valence-electron chi connectivity index (χ3n) is 6.04. The highest BCUT2D eigenvalue weighted by molar-refractivity contribution is 5.89. The number of halogens is 2. The molecule has 2 N–H and O–H groups in total. The van der Waals surface area contributed by atoms with Gasteiger partial charge in [0.05, 0.1) is 13.2 Å². The number of fused-ring (bicyclic) bond motifs is 3. The van der Waals surface area contributed by atoms with Crippen LogP contribution in [-0.4, -0.2) is 72.9 Å². The molecule has 0 aromatic heterocycles. The van der Waals surface area contributed by atoms with Crippen LogP contribution in [0.2, 0.25) is 0 Å². The third kappa shape index (κ3) is 4.86. The topological polar surface area (TPSA) is 105 Å². The third-order valence-corrected chi connectivity index (χ3v) is 6.04. The molecule has 2 aromatic rings. The maximum absolute atomic E-state index is 13.2. The fourth-order valence-electron chi connectivity index (χ4n) is 4.45. The summed E-state index contributed by atoms with van der Waals surface area (Å²) in [7, 11) is 0. The minimum Gasteiger partial charge on any atom is -0.480 e. The van der Waals surface area contributed by atoms with Gasteiger partial charge >= 0.3 is 12.1 Å². The number of rotatable bonds is 7. The number of benzene rings is 2. The van der Waals surface area contributed by atoms with Crippen molar-refractivity contribution < 1.29 is 37.7 Å². The zero-order valence-electron chi connectivity index (χ0n) is 18.2. The van der Waals surface area contributed by atoms with E-state index in [0.717, 1.165) is 27.2 Å². The Bertz CT molecular complexity index is 1030. The number of nitrogens with one attached hydrogen (secondary N) is 1. The fourth-order valence-corrected chi connectivity index (χ4v) is 4.45. The number of alkyl halides is 2. The first-order valence-electron chi connectivity index (χ1n) is 10.9. The maximum atomic E-state index is 13.2. The fraction of sp³-hybridized carbons (Fsp3) is 0.375. The van der Waals surface area contributed by atoms with Gasteiger partial charge in [0.1, 0.15) is 12.6 Å². The average Bonchev–Trinajstić information content (AvgIpc) is 3.15. The van der Waals surface area contributed by atoms with Gasteiger partial charge in [-0.25, -0.2) is 18.4 Å². The van der Waals surface area contributed by atoms with E-state index >= 15 is 0 Å². The Hall–Kier alpha value is -3.53. The highest BCUT2D eigenvalue weighted by Gasteiger charge is 2.38. The summed E-state index contributed by atoms with van der Waals surface area (Å²) in [5.41, 5.74) is 4.03. The van der Waals surface area contributed by atoms with Crippen molar-refractivity contribution in [2.24, 2.45) is 0 Å². The Morgan fingerprint density at radius 3 is 2.29 bits per heavy atom. The number of ether oxygens (including phenoxy) is 2. The molecular weight excluding hydrogens is 450 g/mol. The van der Waals surface area contributed by atoms with E-state index in [4.69, 9.17) is 9.47 Å². The van der Waals surface area contributed by atoms with Gasteiger partial charge in [-0.2, -0.15) is 0 Å². The SMILES string of the molecule is O=C(NC(CC(F)F)C(=O)N1CCOCC1C(=O)O)OCC1c2ccccc2-c2ccccc21. The molecule has 1 saturated heterocycles. The van der Waals surface area contributed by atoms with Crippen molar-refractivity contribution in [3.05, 3.63) is 59.7 Å².